The van der Waals surface area contributed by atoms with E-state index in [-0.39, 0.29) is 48.2 Å². The van der Waals surface area contributed by atoms with Crippen molar-refractivity contribution >= 4 is 17.1 Å². The second-order valence-corrected chi connectivity index (χ2v) is 12.1. The van der Waals surface area contributed by atoms with Gasteiger partial charge in [0, 0.05) is 30.7 Å². The average Bonchev–Trinajstić information content (AvgIpc) is 3.10. The topological polar surface area (TPSA) is 250 Å². The van der Waals surface area contributed by atoms with E-state index in [1.54, 1.807) is 18.3 Å². The molecular formula is C33H45FN6O10. The lowest BCUT2D eigenvalue weighted by Crippen LogP contribution is -2.27. The van der Waals surface area contributed by atoms with Gasteiger partial charge in [0.25, 0.3) is 11.8 Å². The molecule has 0 aromatic carbocycles. The maximum atomic E-state index is 12.3. The monoisotopic (exact) mass is 704 g/mol. The molecule has 0 bridgehead atoms. The summed E-state index contributed by atoms with van der Waals surface area (Å²) in [5.41, 5.74) is 5.59. The Morgan fingerprint density at radius 3 is 1.36 bits per heavy atom. The number of anilines is 1. The summed E-state index contributed by atoms with van der Waals surface area (Å²) in [6.07, 6.45) is 12.9. The van der Waals surface area contributed by atoms with Crippen LogP contribution in [0.25, 0.3) is 0 Å². The average molecular weight is 705 g/mol. The third-order valence-corrected chi connectivity index (χ3v) is 8.19. The largest absolute Gasteiger partial charge is 0.473 e. The summed E-state index contributed by atoms with van der Waals surface area (Å²) in [4.78, 5) is 30.5. The van der Waals surface area contributed by atoms with E-state index in [1.165, 1.54) is 24.4 Å². The van der Waals surface area contributed by atoms with E-state index in [1.807, 2.05) is 0 Å². The van der Waals surface area contributed by atoms with E-state index in [4.69, 9.17) is 25.4 Å². The highest BCUT2D eigenvalue weighted by atomic mass is 19.1. The van der Waals surface area contributed by atoms with Crippen LogP contribution in [-0.2, 0) is 0 Å². The van der Waals surface area contributed by atoms with Crippen LogP contribution in [0, 0.1) is 26.2 Å². The Hall–Kier alpha value is -4.58. The number of aliphatic hydroxyl groups is 4. The van der Waals surface area contributed by atoms with Gasteiger partial charge in [0.2, 0.25) is 5.88 Å². The number of halogens is 1. The highest BCUT2D eigenvalue weighted by Crippen LogP contribution is 2.29. The number of pyridine rings is 3. The van der Waals surface area contributed by atoms with E-state index >= 15 is 0 Å². The van der Waals surface area contributed by atoms with Gasteiger partial charge in [0.15, 0.2) is 0 Å². The van der Waals surface area contributed by atoms with Crippen LogP contribution in [0.3, 0.4) is 0 Å². The van der Waals surface area contributed by atoms with Crippen LogP contribution in [0.5, 0.6) is 11.8 Å². The molecule has 50 heavy (non-hydrogen) atoms. The molecule has 0 saturated heterocycles. The van der Waals surface area contributed by atoms with E-state index in [0.717, 1.165) is 63.6 Å². The molecule has 3 aromatic rings. The number of nitrogens with two attached hydrogens (primary N) is 1. The first-order valence-corrected chi connectivity index (χ1v) is 16.5. The number of hydrogen-bond donors (Lipinski definition) is 5. The van der Waals surface area contributed by atoms with Gasteiger partial charge in [0.05, 0.1) is 39.9 Å². The highest BCUT2D eigenvalue weighted by molar-refractivity contribution is 5.47. The number of nitrogen functional groups attached to an aromatic ring is 1. The van der Waals surface area contributed by atoms with Crippen LogP contribution in [0.2, 0.25) is 0 Å². The van der Waals surface area contributed by atoms with E-state index in [2.05, 4.69) is 15.0 Å². The molecule has 3 aromatic heterocycles. The lowest BCUT2D eigenvalue weighted by atomic mass is 9.95. The van der Waals surface area contributed by atoms with Gasteiger partial charge in [-0.05, 0) is 101 Å². The molecule has 6 rings (SSSR count). The van der Waals surface area contributed by atoms with E-state index in [9.17, 15) is 34.8 Å². The Morgan fingerprint density at radius 2 is 0.960 bits per heavy atom. The third-order valence-electron chi connectivity index (χ3n) is 8.19. The van der Waals surface area contributed by atoms with Crippen molar-refractivity contribution in [2.75, 3.05) is 5.73 Å². The number of nitro groups is 2. The predicted octanol–water partition coefficient (Wildman–Crippen LogP) is 4.43. The summed E-state index contributed by atoms with van der Waals surface area (Å²) in [5.74, 6) is -0.467. The zero-order valence-corrected chi connectivity index (χ0v) is 27.6. The van der Waals surface area contributed by atoms with Crippen LogP contribution in [0.4, 0.5) is 21.5 Å². The lowest BCUT2D eigenvalue weighted by molar-refractivity contribution is -0.388. The summed E-state index contributed by atoms with van der Waals surface area (Å²) in [6, 6.07) is 8.81. The molecule has 3 fully saturated rings. The fourth-order valence-corrected chi connectivity index (χ4v) is 5.33. The molecule has 16 nitrogen and oxygen atoms in total. The minimum Gasteiger partial charge on any atom is -0.473 e. The summed E-state index contributed by atoms with van der Waals surface area (Å²) >= 11 is 0. The van der Waals surface area contributed by atoms with Crippen LogP contribution in [0.15, 0.2) is 55.0 Å². The van der Waals surface area contributed by atoms with Gasteiger partial charge in [-0.15, -0.1) is 0 Å². The number of ether oxygens (including phenoxy) is 2. The molecular weight excluding hydrogens is 659 g/mol. The van der Waals surface area contributed by atoms with Crippen molar-refractivity contribution in [2.24, 2.45) is 0 Å². The fourth-order valence-electron chi connectivity index (χ4n) is 5.33. The van der Waals surface area contributed by atoms with Crippen molar-refractivity contribution in [1.29, 1.82) is 0 Å². The van der Waals surface area contributed by atoms with Crippen molar-refractivity contribution in [3.05, 3.63) is 81.2 Å². The maximum Gasteiger partial charge on any atom is 0.330 e. The van der Waals surface area contributed by atoms with Gasteiger partial charge in [-0.25, -0.2) is 15.0 Å². The van der Waals surface area contributed by atoms with Crippen molar-refractivity contribution < 1.29 is 44.1 Å². The molecule has 17 heteroatoms. The number of aliphatic hydroxyl groups excluding tert-OH is 4. The normalized spacial score (nSPS) is 24.3. The van der Waals surface area contributed by atoms with Gasteiger partial charge >= 0.3 is 11.4 Å². The van der Waals surface area contributed by atoms with Crippen LogP contribution >= 0.6 is 0 Å². The zero-order valence-electron chi connectivity index (χ0n) is 27.6. The number of hydrogen-bond acceptors (Lipinski definition) is 14. The van der Waals surface area contributed by atoms with E-state index < -0.39 is 21.5 Å². The quantitative estimate of drug-likeness (QED) is 0.135. The van der Waals surface area contributed by atoms with Crippen molar-refractivity contribution in [1.82, 2.24) is 15.0 Å². The summed E-state index contributed by atoms with van der Waals surface area (Å²) in [5, 5.41) is 57.2. The van der Waals surface area contributed by atoms with Crippen molar-refractivity contribution in [3.63, 3.8) is 0 Å². The standard InChI is InChI=1S/C11H14N2O4.C11H16N2O2.C6H12O2.C5H3FN2O2/c14-8-3-5-9(6-4-8)17-11-10(13(15)16)2-1-7-12-11;12-10-2-1-7-13-11(10)15-9-5-3-8(14)4-6-9;7-5-1-2-6(8)4-3-5;6-5-4(8(9)10)2-1-3-7-5/h1-2,7-9,14H,3-6H2;1-2,7-9,14H,3-6,12H2;5-8H,1-4H2;1-3H. The molecule has 3 aliphatic rings. The van der Waals surface area contributed by atoms with Gasteiger partial charge in [-0.2, -0.15) is 4.39 Å². The molecule has 3 aliphatic carbocycles. The first-order chi connectivity index (χ1) is 23.9. The number of nitrogens with zero attached hydrogens (tertiary/aromatic N) is 5. The van der Waals surface area contributed by atoms with Crippen molar-refractivity contribution in [3.8, 4) is 11.8 Å². The smallest absolute Gasteiger partial charge is 0.330 e. The van der Waals surface area contributed by atoms with Gasteiger partial charge < -0.3 is 35.6 Å². The molecule has 0 radical (unpaired) electrons. The molecule has 3 heterocycles. The molecule has 274 valence electrons. The van der Waals surface area contributed by atoms with Crippen LogP contribution < -0.4 is 15.2 Å². The molecule has 0 aliphatic heterocycles. The van der Waals surface area contributed by atoms with Gasteiger partial charge in [0.1, 0.15) is 12.2 Å². The Balaban J connectivity index is 0.000000188. The Morgan fingerprint density at radius 1 is 0.600 bits per heavy atom. The zero-order chi connectivity index (χ0) is 36.5. The molecule has 3 saturated carbocycles. The Bertz CT molecular complexity index is 1460. The first kappa shape index (κ1) is 39.9. The SMILES string of the molecule is Nc1cccnc1OC1CCC(O)CC1.O=[N+]([O-])c1cccnc1F.O=[N+]([O-])c1cccnc1OC1CCC(O)CC1.OC1CCC(O)CC1. The minimum atomic E-state index is -1.05. The number of rotatable bonds is 6. The van der Waals surface area contributed by atoms with Crippen LogP contribution in [-0.4, -0.2) is 81.8 Å². The fraction of sp³-hybridized carbons (Fsp3) is 0.545. The minimum absolute atomic E-state index is 0.0684. The molecule has 0 unspecified atom stereocenters. The summed E-state index contributed by atoms with van der Waals surface area (Å²) in [7, 11) is 0. The van der Waals surface area contributed by atoms with Crippen molar-refractivity contribution in [2.45, 2.75) is 114 Å². The Labute approximate surface area is 288 Å². The molecule has 0 atom stereocenters. The van der Waals surface area contributed by atoms with Crippen LogP contribution in [0.1, 0.15) is 77.0 Å². The van der Waals surface area contributed by atoms with E-state index in [0.29, 0.717) is 37.3 Å². The Kier molecular flexibility index (Phi) is 16.6. The maximum absolute atomic E-state index is 12.3. The number of aromatic nitrogens is 3. The third kappa shape index (κ3) is 14.1. The molecule has 0 spiro atoms. The second-order valence-electron chi connectivity index (χ2n) is 12.1. The first-order valence-electron chi connectivity index (χ1n) is 16.5. The predicted molar refractivity (Wildman–Crippen MR) is 179 cm³/mol. The summed E-state index contributed by atoms with van der Waals surface area (Å²) in [6.45, 7) is 0. The second kappa shape index (κ2) is 20.8. The molecule has 6 N–H and O–H groups in total. The lowest BCUT2D eigenvalue weighted by Gasteiger charge is -2.25. The molecule has 0 amide bonds. The van der Waals surface area contributed by atoms with Gasteiger partial charge in [-0.3, -0.25) is 20.2 Å². The highest BCUT2D eigenvalue weighted by Gasteiger charge is 2.25. The summed E-state index contributed by atoms with van der Waals surface area (Å²) < 4.78 is 23.5. The van der Waals surface area contributed by atoms with Gasteiger partial charge in [-0.1, -0.05) is 0 Å².